The van der Waals surface area contributed by atoms with E-state index in [1.807, 2.05) is 24.3 Å². The zero-order valence-electron chi connectivity index (χ0n) is 14.6. The van der Waals surface area contributed by atoms with Crippen LogP contribution in [0.1, 0.15) is 11.1 Å². The lowest BCUT2D eigenvalue weighted by Crippen LogP contribution is -2.36. The van der Waals surface area contributed by atoms with Gasteiger partial charge in [0.25, 0.3) is 0 Å². The number of nitrogens with one attached hydrogen (secondary N) is 2. The van der Waals surface area contributed by atoms with Crippen molar-refractivity contribution in [2.24, 2.45) is 4.99 Å². The fraction of sp³-hybridized carbons (Fsp3) is 0.278. The summed E-state index contributed by atoms with van der Waals surface area (Å²) in [6.45, 7) is -1.63. The minimum Gasteiger partial charge on any atom is -0.454 e. The summed E-state index contributed by atoms with van der Waals surface area (Å²) < 4.78 is 39.6. The zero-order chi connectivity index (χ0) is 18.4. The Hall–Kier alpha value is -2.30. The van der Waals surface area contributed by atoms with E-state index in [1.54, 1.807) is 19.2 Å². The van der Waals surface area contributed by atoms with Crippen molar-refractivity contribution < 1.29 is 23.0 Å². The Morgan fingerprint density at radius 3 is 2.48 bits per heavy atom. The Labute approximate surface area is 172 Å². The van der Waals surface area contributed by atoms with Gasteiger partial charge in [-0.25, -0.2) is 0 Å². The number of guanidine groups is 1. The second-order valence-electron chi connectivity index (χ2n) is 5.49. The van der Waals surface area contributed by atoms with Gasteiger partial charge in [-0.2, -0.15) is 8.78 Å². The van der Waals surface area contributed by atoms with Crippen LogP contribution in [0.25, 0.3) is 0 Å². The lowest BCUT2D eigenvalue weighted by molar-refractivity contribution is -0.0498. The van der Waals surface area contributed by atoms with Crippen LogP contribution in [0, 0.1) is 0 Å². The second-order valence-corrected chi connectivity index (χ2v) is 5.49. The molecule has 0 bridgehead atoms. The summed E-state index contributed by atoms with van der Waals surface area (Å²) in [5.74, 6) is 2.18. The van der Waals surface area contributed by atoms with E-state index in [-0.39, 0.29) is 36.5 Å². The molecular formula is C18H20F2IN3O3. The minimum atomic E-state index is -2.84. The van der Waals surface area contributed by atoms with Crippen LogP contribution in [0.4, 0.5) is 8.78 Å². The summed E-state index contributed by atoms with van der Waals surface area (Å²) in [4.78, 5) is 4.15. The average molecular weight is 491 g/mol. The number of fused-ring (bicyclic) bond motifs is 1. The minimum absolute atomic E-state index is 0. The van der Waals surface area contributed by atoms with Gasteiger partial charge in [-0.3, -0.25) is 4.99 Å². The van der Waals surface area contributed by atoms with Crippen molar-refractivity contribution in [2.75, 3.05) is 13.8 Å². The average Bonchev–Trinajstić information content (AvgIpc) is 3.09. The van der Waals surface area contributed by atoms with Crippen molar-refractivity contribution in [2.45, 2.75) is 19.7 Å². The number of ether oxygens (including phenoxy) is 3. The van der Waals surface area contributed by atoms with Crippen molar-refractivity contribution >= 4 is 29.9 Å². The summed E-state index contributed by atoms with van der Waals surface area (Å²) in [5, 5.41) is 6.31. The van der Waals surface area contributed by atoms with Gasteiger partial charge in [0.1, 0.15) is 5.75 Å². The molecule has 0 aromatic heterocycles. The zero-order valence-corrected chi connectivity index (χ0v) is 16.9. The van der Waals surface area contributed by atoms with Gasteiger partial charge >= 0.3 is 6.61 Å². The number of benzene rings is 2. The molecule has 0 amide bonds. The summed E-state index contributed by atoms with van der Waals surface area (Å²) in [5.41, 5.74) is 1.82. The van der Waals surface area contributed by atoms with Crippen LogP contribution in [0.5, 0.6) is 17.2 Å². The quantitative estimate of drug-likeness (QED) is 0.368. The number of rotatable bonds is 6. The Morgan fingerprint density at radius 2 is 1.78 bits per heavy atom. The SMILES string of the molecule is CN=C(NCc1cccc(OC(F)F)c1)NCc1ccc2c(c1)OCO2.I. The van der Waals surface area contributed by atoms with E-state index in [1.165, 1.54) is 6.07 Å². The molecule has 0 radical (unpaired) electrons. The maximum Gasteiger partial charge on any atom is 0.387 e. The second kappa shape index (κ2) is 10.1. The molecule has 6 nitrogen and oxygen atoms in total. The first-order valence-electron chi connectivity index (χ1n) is 8.01. The molecule has 2 aromatic rings. The molecule has 2 aromatic carbocycles. The molecule has 0 aliphatic carbocycles. The van der Waals surface area contributed by atoms with Crippen LogP contribution in [0.3, 0.4) is 0 Å². The standard InChI is InChI=1S/C18H19F2N3O3.HI/c1-21-18(22-9-12-3-2-4-14(7-12)26-17(19)20)23-10-13-5-6-15-16(8-13)25-11-24-15;/h2-8,17H,9-11H2,1H3,(H2,21,22,23);1H. The van der Waals surface area contributed by atoms with Crippen molar-refractivity contribution in [3.8, 4) is 17.2 Å². The van der Waals surface area contributed by atoms with E-state index < -0.39 is 6.61 Å². The highest BCUT2D eigenvalue weighted by molar-refractivity contribution is 14.0. The summed E-state index contributed by atoms with van der Waals surface area (Å²) in [7, 11) is 1.66. The van der Waals surface area contributed by atoms with Crippen LogP contribution in [-0.2, 0) is 13.1 Å². The first kappa shape index (κ1) is 21.0. The number of hydrogen-bond donors (Lipinski definition) is 2. The predicted octanol–water partition coefficient (Wildman–Crippen LogP) is 3.50. The number of nitrogens with zero attached hydrogens (tertiary/aromatic N) is 1. The summed E-state index contributed by atoms with van der Waals surface area (Å²) in [6, 6.07) is 12.2. The predicted molar refractivity (Wildman–Crippen MR) is 108 cm³/mol. The lowest BCUT2D eigenvalue weighted by Gasteiger charge is -2.13. The molecule has 0 atom stereocenters. The molecule has 1 aliphatic rings. The van der Waals surface area contributed by atoms with Gasteiger partial charge in [-0.15, -0.1) is 24.0 Å². The van der Waals surface area contributed by atoms with E-state index in [4.69, 9.17) is 9.47 Å². The normalized spacial score (nSPS) is 12.5. The Balaban J connectivity index is 0.00000261. The summed E-state index contributed by atoms with van der Waals surface area (Å²) >= 11 is 0. The van der Waals surface area contributed by atoms with Crippen molar-refractivity contribution in [3.05, 3.63) is 53.6 Å². The smallest absolute Gasteiger partial charge is 0.387 e. The van der Waals surface area contributed by atoms with Gasteiger partial charge in [0.2, 0.25) is 6.79 Å². The molecule has 0 unspecified atom stereocenters. The maximum atomic E-state index is 12.3. The largest absolute Gasteiger partial charge is 0.454 e. The van der Waals surface area contributed by atoms with Crippen LogP contribution < -0.4 is 24.8 Å². The number of halogens is 3. The monoisotopic (exact) mass is 491 g/mol. The Kier molecular flexibility index (Phi) is 7.89. The fourth-order valence-electron chi connectivity index (χ4n) is 2.47. The molecule has 0 spiro atoms. The first-order valence-corrected chi connectivity index (χ1v) is 8.01. The van der Waals surface area contributed by atoms with Crippen molar-refractivity contribution in [1.29, 1.82) is 0 Å². The van der Waals surface area contributed by atoms with Crippen molar-refractivity contribution in [1.82, 2.24) is 10.6 Å². The number of alkyl halides is 2. The molecule has 1 aliphatic heterocycles. The van der Waals surface area contributed by atoms with Crippen LogP contribution in [0.2, 0.25) is 0 Å². The third kappa shape index (κ3) is 6.12. The summed E-state index contributed by atoms with van der Waals surface area (Å²) in [6.07, 6.45) is 0. The van der Waals surface area contributed by atoms with Gasteiger partial charge in [0.15, 0.2) is 17.5 Å². The molecular weight excluding hydrogens is 471 g/mol. The van der Waals surface area contributed by atoms with E-state index in [9.17, 15) is 8.78 Å². The van der Waals surface area contributed by atoms with E-state index in [2.05, 4.69) is 20.4 Å². The van der Waals surface area contributed by atoms with E-state index in [0.717, 1.165) is 22.6 Å². The molecule has 0 saturated carbocycles. The molecule has 146 valence electrons. The van der Waals surface area contributed by atoms with E-state index >= 15 is 0 Å². The molecule has 3 rings (SSSR count). The third-order valence-corrected chi connectivity index (χ3v) is 3.70. The first-order chi connectivity index (χ1) is 12.6. The maximum absolute atomic E-state index is 12.3. The molecule has 27 heavy (non-hydrogen) atoms. The third-order valence-electron chi connectivity index (χ3n) is 3.70. The van der Waals surface area contributed by atoms with Gasteiger partial charge in [-0.1, -0.05) is 18.2 Å². The van der Waals surface area contributed by atoms with Gasteiger partial charge in [0, 0.05) is 20.1 Å². The molecule has 2 N–H and O–H groups in total. The molecule has 0 saturated heterocycles. The van der Waals surface area contributed by atoms with Crippen LogP contribution in [-0.4, -0.2) is 26.4 Å². The highest BCUT2D eigenvalue weighted by Gasteiger charge is 2.13. The van der Waals surface area contributed by atoms with Gasteiger partial charge in [-0.05, 0) is 35.4 Å². The Bertz CT molecular complexity index is 790. The van der Waals surface area contributed by atoms with Crippen LogP contribution >= 0.6 is 24.0 Å². The van der Waals surface area contributed by atoms with Crippen molar-refractivity contribution in [3.63, 3.8) is 0 Å². The molecule has 0 fully saturated rings. The van der Waals surface area contributed by atoms with Gasteiger partial charge < -0.3 is 24.8 Å². The number of aliphatic imine (C=N–C) groups is 1. The highest BCUT2D eigenvalue weighted by atomic mass is 127. The lowest BCUT2D eigenvalue weighted by atomic mass is 10.2. The fourth-order valence-corrected chi connectivity index (χ4v) is 2.47. The van der Waals surface area contributed by atoms with Gasteiger partial charge in [0.05, 0.1) is 0 Å². The molecule has 1 heterocycles. The Morgan fingerprint density at radius 1 is 1.07 bits per heavy atom. The topological polar surface area (TPSA) is 64.1 Å². The van der Waals surface area contributed by atoms with Crippen LogP contribution in [0.15, 0.2) is 47.5 Å². The number of hydrogen-bond acceptors (Lipinski definition) is 4. The highest BCUT2D eigenvalue weighted by Crippen LogP contribution is 2.32. The van der Waals surface area contributed by atoms with E-state index in [0.29, 0.717) is 19.0 Å². The molecule has 9 heteroatoms.